The first-order chi connectivity index (χ1) is 15.0. The Bertz CT molecular complexity index is 1240. The first-order valence-electron chi connectivity index (χ1n) is 11.0. The minimum atomic E-state index is -0.495. The van der Waals surface area contributed by atoms with E-state index in [9.17, 15) is 14.4 Å². The van der Waals surface area contributed by atoms with Gasteiger partial charge in [-0.1, -0.05) is 30.3 Å². The van der Waals surface area contributed by atoms with Crippen LogP contribution < -0.4 is 11.2 Å². The maximum Gasteiger partial charge on any atom is 0.330 e. The van der Waals surface area contributed by atoms with Gasteiger partial charge in [0.2, 0.25) is 0 Å². The lowest BCUT2D eigenvalue weighted by Crippen LogP contribution is -2.39. The van der Waals surface area contributed by atoms with Crippen molar-refractivity contribution < 1.29 is 4.79 Å². The molecule has 0 radical (unpaired) electrons. The highest BCUT2D eigenvalue weighted by molar-refractivity contribution is 5.96. The van der Waals surface area contributed by atoms with Gasteiger partial charge in [-0.15, -0.1) is 0 Å². The van der Waals surface area contributed by atoms with Crippen LogP contribution in [0, 0.1) is 0 Å². The smallest absolute Gasteiger partial charge is 0.330 e. The molecule has 0 bridgehead atoms. The Hall–Kier alpha value is -3.22. The van der Waals surface area contributed by atoms with Crippen molar-refractivity contribution in [3.63, 3.8) is 0 Å². The molecule has 0 saturated heterocycles. The second-order valence-corrected chi connectivity index (χ2v) is 8.79. The van der Waals surface area contributed by atoms with E-state index in [4.69, 9.17) is 0 Å². The summed E-state index contributed by atoms with van der Waals surface area (Å²) in [6.07, 6.45) is 7.30. The van der Waals surface area contributed by atoms with Crippen LogP contribution >= 0.6 is 0 Å². The topological polar surface area (TPSA) is 88.1 Å². The summed E-state index contributed by atoms with van der Waals surface area (Å²) in [6, 6.07) is 12.4. The normalized spacial score (nSPS) is 21.2. The largest absolute Gasteiger partial charge is 0.339 e. The molecule has 2 saturated carbocycles. The van der Waals surface area contributed by atoms with Crippen molar-refractivity contribution in [3.05, 3.63) is 74.6 Å². The number of carbonyl (C=O) groups excluding carboxylic acids is 1. The molecule has 1 aromatic carbocycles. The van der Waals surface area contributed by atoms with Crippen LogP contribution in [0.1, 0.15) is 66.4 Å². The number of pyridine rings is 1. The number of carbonyl (C=O) groups is 1. The number of hydrogen-bond acceptors (Lipinski definition) is 4. The summed E-state index contributed by atoms with van der Waals surface area (Å²) in [6.45, 7) is 0. The van der Waals surface area contributed by atoms with Gasteiger partial charge < -0.3 is 4.90 Å². The molecule has 7 heteroatoms. The van der Waals surface area contributed by atoms with Crippen molar-refractivity contribution in [3.8, 4) is 0 Å². The van der Waals surface area contributed by atoms with Gasteiger partial charge in [0.05, 0.1) is 10.9 Å². The zero-order valence-corrected chi connectivity index (χ0v) is 17.6. The Balaban J connectivity index is 1.35. The van der Waals surface area contributed by atoms with Crippen LogP contribution in [0.2, 0.25) is 0 Å². The SMILES string of the molecule is CN(C(=O)c1cnc2c(c1)c(=O)[nH]c(=O)n2C1CC1)C1CCC(c2ccccc2)CC1. The summed E-state index contributed by atoms with van der Waals surface area (Å²) < 4.78 is 1.54. The van der Waals surface area contributed by atoms with Gasteiger partial charge in [0.1, 0.15) is 5.65 Å². The van der Waals surface area contributed by atoms with E-state index >= 15 is 0 Å². The fourth-order valence-corrected chi connectivity index (χ4v) is 4.82. The van der Waals surface area contributed by atoms with Gasteiger partial charge in [-0.25, -0.2) is 9.78 Å². The Kier molecular flexibility index (Phi) is 4.96. The van der Waals surface area contributed by atoms with Crippen molar-refractivity contribution in [1.82, 2.24) is 19.4 Å². The number of fused-ring (bicyclic) bond motifs is 1. The van der Waals surface area contributed by atoms with E-state index in [-0.39, 0.29) is 18.0 Å². The first kappa shape index (κ1) is 19.7. The van der Waals surface area contributed by atoms with Crippen LogP contribution in [0.15, 0.2) is 52.2 Å². The van der Waals surface area contributed by atoms with Crippen molar-refractivity contribution >= 4 is 16.9 Å². The van der Waals surface area contributed by atoms with E-state index in [1.165, 1.54) is 11.8 Å². The first-order valence-corrected chi connectivity index (χ1v) is 11.0. The predicted octanol–water partition coefficient (Wildman–Crippen LogP) is 3.22. The molecule has 7 nitrogen and oxygen atoms in total. The maximum absolute atomic E-state index is 13.2. The highest BCUT2D eigenvalue weighted by Crippen LogP contribution is 2.36. The molecular formula is C24H26N4O3. The van der Waals surface area contributed by atoms with Crippen LogP contribution in [0.4, 0.5) is 0 Å². The highest BCUT2D eigenvalue weighted by atomic mass is 16.2. The van der Waals surface area contributed by atoms with E-state index in [0.717, 1.165) is 38.5 Å². The average Bonchev–Trinajstić information content (AvgIpc) is 3.64. The zero-order chi connectivity index (χ0) is 21.5. The summed E-state index contributed by atoms with van der Waals surface area (Å²) in [5, 5.41) is 0.290. The highest BCUT2D eigenvalue weighted by Gasteiger charge is 2.30. The van der Waals surface area contributed by atoms with Gasteiger partial charge in [-0.3, -0.25) is 19.1 Å². The second kappa shape index (κ2) is 7.80. The molecule has 160 valence electrons. The molecule has 2 heterocycles. The minimum absolute atomic E-state index is 0.0865. The Labute approximate surface area is 179 Å². The molecule has 1 amide bonds. The van der Waals surface area contributed by atoms with Crippen LogP contribution in [0.25, 0.3) is 11.0 Å². The van der Waals surface area contributed by atoms with Gasteiger partial charge >= 0.3 is 5.69 Å². The summed E-state index contributed by atoms with van der Waals surface area (Å²) in [5.41, 5.74) is 1.18. The Morgan fingerprint density at radius 1 is 1.06 bits per heavy atom. The molecule has 2 aliphatic rings. The molecule has 0 spiro atoms. The van der Waals surface area contributed by atoms with Crippen LogP contribution in [0.5, 0.6) is 0 Å². The predicted molar refractivity (Wildman–Crippen MR) is 118 cm³/mol. The quantitative estimate of drug-likeness (QED) is 0.705. The van der Waals surface area contributed by atoms with E-state index in [2.05, 4.69) is 34.2 Å². The third-order valence-corrected chi connectivity index (χ3v) is 6.77. The lowest BCUT2D eigenvalue weighted by atomic mass is 9.81. The summed E-state index contributed by atoms with van der Waals surface area (Å²) >= 11 is 0. The Morgan fingerprint density at radius 2 is 1.77 bits per heavy atom. The van der Waals surface area contributed by atoms with Crippen LogP contribution in [-0.4, -0.2) is 38.4 Å². The second-order valence-electron chi connectivity index (χ2n) is 8.79. The molecule has 2 aromatic heterocycles. The van der Waals surface area contributed by atoms with Crippen molar-refractivity contribution in [2.45, 2.75) is 56.5 Å². The molecule has 0 aliphatic heterocycles. The van der Waals surface area contributed by atoms with Crippen molar-refractivity contribution in [2.24, 2.45) is 0 Å². The maximum atomic E-state index is 13.2. The number of amides is 1. The number of H-pyrrole nitrogens is 1. The monoisotopic (exact) mass is 418 g/mol. The van der Waals surface area contributed by atoms with Gasteiger partial charge in [0, 0.05) is 25.3 Å². The van der Waals surface area contributed by atoms with E-state index in [1.54, 1.807) is 15.5 Å². The number of aromatic amines is 1. The standard InChI is InChI=1S/C24H26N4O3/c1-27(18-9-7-16(8-10-18)15-5-3-2-4-6-15)23(30)17-13-20-21(25-14-17)28(19-11-12-19)24(31)26-22(20)29/h2-6,13-14,16,18-19H,7-12H2,1H3,(H,26,29,31). The van der Waals surface area contributed by atoms with E-state index in [0.29, 0.717) is 22.5 Å². The molecule has 2 aliphatic carbocycles. The van der Waals surface area contributed by atoms with Crippen molar-refractivity contribution in [2.75, 3.05) is 7.05 Å². The van der Waals surface area contributed by atoms with Gasteiger partial charge in [0.25, 0.3) is 11.5 Å². The Morgan fingerprint density at radius 3 is 2.45 bits per heavy atom. The molecule has 31 heavy (non-hydrogen) atoms. The molecule has 0 atom stereocenters. The zero-order valence-electron chi connectivity index (χ0n) is 17.6. The van der Waals surface area contributed by atoms with Gasteiger partial charge in [-0.2, -0.15) is 0 Å². The average molecular weight is 418 g/mol. The minimum Gasteiger partial charge on any atom is -0.339 e. The fourth-order valence-electron chi connectivity index (χ4n) is 4.82. The summed E-state index contributed by atoms with van der Waals surface area (Å²) in [4.78, 5) is 46.2. The van der Waals surface area contributed by atoms with Crippen molar-refractivity contribution in [1.29, 1.82) is 0 Å². The fraction of sp³-hybridized carbons (Fsp3) is 0.417. The third-order valence-electron chi connectivity index (χ3n) is 6.77. The molecular weight excluding hydrogens is 392 g/mol. The number of rotatable bonds is 4. The van der Waals surface area contributed by atoms with Crippen LogP contribution in [0.3, 0.4) is 0 Å². The molecule has 2 fully saturated rings. The number of nitrogens with zero attached hydrogens (tertiary/aromatic N) is 3. The van der Waals surface area contributed by atoms with Gasteiger partial charge in [-0.05, 0) is 56.1 Å². The lowest BCUT2D eigenvalue weighted by molar-refractivity contribution is 0.0689. The molecule has 3 aromatic rings. The van der Waals surface area contributed by atoms with Gasteiger partial charge in [0.15, 0.2) is 0 Å². The van der Waals surface area contributed by atoms with E-state index < -0.39 is 11.2 Å². The van der Waals surface area contributed by atoms with Crippen LogP contribution in [-0.2, 0) is 0 Å². The molecule has 0 unspecified atom stereocenters. The van der Waals surface area contributed by atoms with E-state index in [1.807, 2.05) is 13.1 Å². The lowest BCUT2D eigenvalue weighted by Gasteiger charge is -2.35. The number of hydrogen-bond donors (Lipinski definition) is 1. The molecule has 1 N–H and O–H groups in total. The summed E-state index contributed by atoms with van der Waals surface area (Å²) in [7, 11) is 1.83. The molecule has 5 rings (SSSR count). The number of benzene rings is 1. The number of aromatic nitrogens is 3. The third kappa shape index (κ3) is 3.69. The number of nitrogens with one attached hydrogen (secondary N) is 1. The summed E-state index contributed by atoms with van der Waals surface area (Å²) in [5.74, 6) is 0.405.